The van der Waals surface area contributed by atoms with E-state index in [1.807, 2.05) is 33.8 Å². The summed E-state index contributed by atoms with van der Waals surface area (Å²) in [6, 6.07) is 1.85. The summed E-state index contributed by atoms with van der Waals surface area (Å²) in [6.07, 6.45) is 0. The molecular weight excluding hydrogens is 201 g/mol. The monoisotopic (exact) mass is 223 g/mol. The lowest BCUT2D eigenvalue weighted by Gasteiger charge is -2.25. The highest BCUT2D eigenvalue weighted by molar-refractivity contribution is 5.29. The Balaban J connectivity index is 3.46. The highest BCUT2D eigenvalue weighted by atomic mass is 19.1. The van der Waals surface area contributed by atoms with E-state index in [2.05, 4.69) is 25.8 Å². The zero-order valence-corrected chi connectivity index (χ0v) is 11.4. The molecular formula is C14H22FN. The molecule has 0 atom stereocenters. The predicted octanol–water partition coefficient (Wildman–Crippen LogP) is 4.12. The van der Waals surface area contributed by atoms with E-state index in [0.29, 0.717) is 11.3 Å². The Morgan fingerprint density at radius 3 is 1.88 bits per heavy atom. The molecule has 0 amide bonds. The summed E-state index contributed by atoms with van der Waals surface area (Å²) in [7, 11) is 0. The first-order chi connectivity index (χ1) is 7.03. The maximum atomic E-state index is 14.0. The van der Waals surface area contributed by atoms with Gasteiger partial charge in [-0.1, -0.05) is 41.5 Å². The molecule has 1 heterocycles. The van der Waals surface area contributed by atoms with E-state index in [9.17, 15) is 4.39 Å². The van der Waals surface area contributed by atoms with Gasteiger partial charge >= 0.3 is 0 Å². The zero-order chi connectivity index (χ0) is 12.7. The summed E-state index contributed by atoms with van der Waals surface area (Å²) in [5.74, 6) is -0.166. The Bertz CT molecular complexity index is 394. The van der Waals surface area contributed by atoms with Gasteiger partial charge in [0.2, 0.25) is 0 Å². The van der Waals surface area contributed by atoms with Gasteiger partial charge in [-0.2, -0.15) is 0 Å². The van der Waals surface area contributed by atoms with Crippen LogP contribution in [-0.2, 0) is 10.8 Å². The van der Waals surface area contributed by atoms with Crippen LogP contribution in [-0.4, -0.2) is 4.98 Å². The molecule has 1 aromatic heterocycles. The van der Waals surface area contributed by atoms with Crippen LogP contribution in [0.2, 0.25) is 0 Å². The Morgan fingerprint density at radius 1 is 1.00 bits per heavy atom. The molecule has 0 saturated carbocycles. The van der Waals surface area contributed by atoms with Crippen molar-refractivity contribution in [3.05, 3.63) is 28.8 Å². The van der Waals surface area contributed by atoms with E-state index in [1.54, 1.807) is 0 Å². The van der Waals surface area contributed by atoms with Crippen molar-refractivity contribution in [3.63, 3.8) is 0 Å². The molecule has 0 saturated heterocycles. The largest absolute Gasteiger partial charge is 0.254 e. The number of nitrogens with zero attached hydrogens (tertiary/aromatic N) is 1. The third-order valence-corrected chi connectivity index (χ3v) is 2.62. The van der Waals surface area contributed by atoms with Crippen molar-refractivity contribution in [1.29, 1.82) is 0 Å². The van der Waals surface area contributed by atoms with Crippen molar-refractivity contribution >= 4 is 0 Å². The van der Waals surface area contributed by atoms with Gasteiger partial charge in [0.05, 0.1) is 5.69 Å². The normalized spacial score (nSPS) is 13.0. The molecule has 0 bridgehead atoms. The van der Waals surface area contributed by atoms with Crippen molar-refractivity contribution in [2.45, 2.75) is 59.3 Å². The van der Waals surface area contributed by atoms with Gasteiger partial charge in [-0.3, -0.25) is 4.98 Å². The predicted molar refractivity (Wildman–Crippen MR) is 66.3 cm³/mol. The summed E-state index contributed by atoms with van der Waals surface area (Å²) in [5.41, 5.74) is 1.91. The second-order valence-electron chi connectivity index (χ2n) is 6.49. The topological polar surface area (TPSA) is 12.9 Å². The summed E-state index contributed by atoms with van der Waals surface area (Å²) in [6.45, 7) is 14.1. The lowest BCUT2D eigenvalue weighted by Crippen LogP contribution is -2.22. The number of hydrogen-bond acceptors (Lipinski definition) is 1. The van der Waals surface area contributed by atoms with E-state index < -0.39 is 0 Å². The van der Waals surface area contributed by atoms with Crippen LogP contribution >= 0.6 is 0 Å². The lowest BCUT2D eigenvalue weighted by molar-refractivity contribution is 0.480. The Kier molecular flexibility index (Phi) is 3.15. The van der Waals surface area contributed by atoms with E-state index >= 15 is 0 Å². The minimum absolute atomic E-state index is 0.0432. The summed E-state index contributed by atoms with van der Waals surface area (Å²) < 4.78 is 14.0. The summed E-state index contributed by atoms with van der Waals surface area (Å²) in [5, 5.41) is 0. The fourth-order valence-corrected chi connectivity index (χ4v) is 1.54. The zero-order valence-electron chi connectivity index (χ0n) is 11.4. The first kappa shape index (κ1) is 13.1. The molecule has 2 heteroatoms. The summed E-state index contributed by atoms with van der Waals surface area (Å²) in [4.78, 5) is 4.50. The molecule has 0 radical (unpaired) electrons. The SMILES string of the molecule is Cc1cc(C(C)(C)C)nc(C(C)(C)C)c1F. The number of aryl methyl sites for hydroxylation is 1. The minimum Gasteiger partial charge on any atom is -0.254 e. The highest BCUT2D eigenvalue weighted by Crippen LogP contribution is 2.29. The molecule has 1 nitrogen and oxygen atoms in total. The highest BCUT2D eigenvalue weighted by Gasteiger charge is 2.25. The smallest absolute Gasteiger partial charge is 0.148 e. The maximum absolute atomic E-state index is 14.0. The third-order valence-electron chi connectivity index (χ3n) is 2.62. The Hall–Kier alpha value is -0.920. The van der Waals surface area contributed by atoms with E-state index in [4.69, 9.17) is 0 Å². The molecule has 0 unspecified atom stereocenters. The van der Waals surface area contributed by atoms with E-state index in [-0.39, 0.29) is 16.6 Å². The van der Waals surface area contributed by atoms with Gasteiger partial charge in [0.15, 0.2) is 0 Å². The molecule has 0 aromatic carbocycles. The van der Waals surface area contributed by atoms with Gasteiger partial charge in [-0.15, -0.1) is 0 Å². The maximum Gasteiger partial charge on any atom is 0.148 e. The first-order valence-corrected chi connectivity index (χ1v) is 5.71. The van der Waals surface area contributed by atoms with Crippen molar-refractivity contribution in [2.24, 2.45) is 0 Å². The number of rotatable bonds is 0. The van der Waals surface area contributed by atoms with Crippen molar-refractivity contribution in [1.82, 2.24) is 4.98 Å². The van der Waals surface area contributed by atoms with Gasteiger partial charge in [-0.25, -0.2) is 4.39 Å². The summed E-state index contributed by atoms with van der Waals surface area (Å²) >= 11 is 0. The molecule has 0 aliphatic heterocycles. The average Bonchev–Trinajstić information content (AvgIpc) is 2.05. The number of hydrogen-bond donors (Lipinski definition) is 0. The van der Waals surface area contributed by atoms with Gasteiger partial charge < -0.3 is 0 Å². The Labute approximate surface area is 98.1 Å². The van der Waals surface area contributed by atoms with Crippen LogP contribution in [0.1, 0.15) is 58.5 Å². The molecule has 0 aliphatic rings. The van der Waals surface area contributed by atoms with Crippen LogP contribution < -0.4 is 0 Å². The Morgan fingerprint density at radius 2 is 1.50 bits per heavy atom. The number of pyridine rings is 1. The second-order valence-corrected chi connectivity index (χ2v) is 6.49. The lowest BCUT2D eigenvalue weighted by atomic mass is 9.86. The average molecular weight is 223 g/mol. The van der Waals surface area contributed by atoms with Crippen molar-refractivity contribution in [3.8, 4) is 0 Å². The number of aromatic nitrogens is 1. The molecule has 16 heavy (non-hydrogen) atoms. The first-order valence-electron chi connectivity index (χ1n) is 5.71. The van der Waals surface area contributed by atoms with Crippen LogP contribution in [0.4, 0.5) is 4.39 Å². The third kappa shape index (κ3) is 2.60. The van der Waals surface area contributed by atoms with Crippen LogP contribution in [0, 0.1) is 12.7 Å². The molecule has 0 spiro atoms. The molecule has 0 N–H and O–H groups in total. The van der Waals surface area contributed by atoms with Gasteiger partial charge in [-0.05, 0) is 18.6 Å². The van der Waals surface area contributed by atoms with Crippen LogP contribution in [0.15, 0.2) is 6.07 Å². The van der Waals surface area contributed by atoms with Gasteiger partial charge in [0.25, 0.3) is 0 Å². The fraction of sp³-hybridized carbons (Fsp3) is 0.643. The van der Waals surface area contributed by atoms with Crippen LogP contribution in [0.3, 0.4) is 0 Å². The standard InChI is InChI=1S/C14H22FN/c1-9-8-10(13(2,3)4)16-12(11(9)15)14(5,6)7/h8H,1-7H3. The number of halogens is 1. The quantitative estimate of drug-likeness (QED) is 0.644. The fourth-order valence-electron chi connectivity index (χ4n) is 1.54. The molecule has 0 aliphatic carbocycles. The van der Waals surface area contributed by atoms with E-state index in [0.717, 1.165) is 5.69 Å². The van der Waals surface area contributed by atoms with Crippen LogP contribution in [0.5, 0.6) is 0 Å². The van der Waals surface area contributed by atoms with Crippen molar-refractivity contribution < 1.29 is 4.39 Å². The molecule has 90 valence electrons. The van der Waals surface area contributed by atoms with Gasteiger partial charge in [0.1, 0.15) is 5.82 Å². The second kappa shape index (κ2) is 3.83. The van der Waals surface area contributed by atoms with Gasteiger partial charge in [0, 0.05) is 16.5 Å². The van der Waals surface area contributed by atoms with Crippen LogP contribution in [0.25, 0.3) is 0 Å². The van der Waals surface area contributed by atoms with Crippen molar-refractivity contribution in [2.75, 3.05) is 0 Å². The van der Waals surface area contributed by atoms with E-state index in [1.165, 1.54) is 0 Å². The molecule has 1 aromatic rings. The molecule has 1 rings (SSSR count). The molecule has 0 fully saturated rings. The minimum atomic E-state index is -0.254.